The van der Waals surface area contributed by atoms with Crippen molar-refractivity contribution in [3.8, 4) is 0 Å². The Balaban J connectivity index is 1.38. The molecule has 4 rings (SSSR count). The van der Waals surface area contributed by atoms with Gasteiger partial charge >= 0.3 is 6.01 Å². The number of hydrogen-bond acceptors (Lipinski definition) is 7. The van der Waals surface area contributed by atoms with Gasteiger partial charge in [-0.2, -0.15) is 0 Å². The Kier molecular flexibility index (Phi) is 7.76. The van der Waals surface area contributed by atoms with E-state index >= 15 is 0 Å². The number of aromatic nitrogens is 2. The largest absolute Gasteiger partial charge is 0.407 e. The van der Waals surface area contributed by atoms with Gasteiger partial charge in [-0.25, -0.2) is 8.42 Å². The zero-order chi connectivity index (χ0) is 25.7. The Bertz CT molecular complexity index is 1420. The number of sulfonamides is 1. The van der Waals surface area contributed by atoms with E-state index in [1.807, 2.05) is 18.2 Å². The third-order valence-electron chi connectivity index (χ3n) is 5.23. The van der Waals surface area contributed by atoms with E-state index in [4.69, 9.17) is 4.42 Å². The summed E-state index contributed by atoms with van der Waals surface area (Å²) in [6, 6.07) is 22.5. The van der Waals surface area contributed by atoms with Crippen molar-refractivity contribution < 1.29 is 17.6 Å². The first kappa shape index (κ1) is 25.5. The number of carbonyl (C=O) groups is 1. The topological polar surface area (TPSA) is 105 Å². The summed E-state index contributed by atoms with van der Waals surface area (Å²) in [6.07, 6.45) is 0.441. The zero-order valence-electron chi connectivity index (χ0n) is 20.1. The summed E-state index contributed by atoms with van der Waals surface area (Å²) in [7, 11) is -2.29. The predicted molar refractivity (Wildman–Crippen MR) is 141 cm³/mol. The van der Waals surface area contributed by atoms with Crippen molar-refractivity contribution in [1.82, 2.24) is 10.2 Å². The highest BCUT2D eigenvalue weighted by Crippen LogP contribution is 2.24. The van der Waals surface area contributed by atoms with Crippen LogP contribution in [0.4, 0.5) is 11.7 Å². The summed E-state index contributed by atoms with van der Waals surface area (Å²) in [6.45, 7) is 4.29. The second kappa shape index (κ2) is 11.0. The lowest BCUT2D eigenvalue weighted by Crippen LogP contribution is -2.26. The third-order valence-corrected chi connectivity index (χ3v) is 8.05. The first-order valence-corrected chi connectivity index (χ1v) is 13.6. The second-order valence-corrected chi connectivity index (χ2v) is 11.9. The first-order chi connectivity index (χ1) is 17.2. The molecule has 0 saturated carbocycles. The van der Waals surface area contributed by atoms with E-state index in [0.717, 1.165) is 5.56 Å². The number of nitrogens with one attached hydrogen (secondary N) is 1. The molecule has 0 saturated heterocycles. The van der Waals surface area contributed by atoms with Gasteiger partial charge in [0.25, 0.3) is 15.9 Å². The molecule has 0 radical (unpaired) electrons. The van der Waals surface area contributed by atoms with Gasteiger partial charge in [-0.1, -0.05) is 49.3 Å². The molecule has 1 amide bonds. The molecular formula is C26H26N4O4S2. The molecule has 0 bridgehead atoms. The van der Waals surface area contributed by atoms with Gasteiger partial charge in [0, 0.05) is 22.8 Å². The minimum absolute atomic E-state index is 0.0255. The number of rotatable bonds is 9. The Labute approximate surface area is 214 Å². The fourth-order valence-electron chi connectivity index (χ4n) is 3.39. The number of nitrogens with zero attached hydrogens (tertiary/aromatic N) is 3. The molecule has 8 nitrogen and oxygen atoms in total. The number of para-hydroxylation sites is 1. The molecule has 0 fully saturated rings. The van der Waals surface area contributed by atoms with E-state index in [2.05, 4.69) is 41.5 Å². The molecular weight excluding hydrogens is 496 g/mol. The minimum atomic E-state index is -3.77. The van der Waals surface area contributed by atoms with Crippen molar-refractivity contribution in [3.63, 3.8) is 0 Å². The predicted octanol–water partition coefficient (Wildman–Crippen LogP) is 5.24. The van der Waals surface area contributed by atoms with Gasteiger partial charge in [-0.05, 0) is 54.1 Å². The molecule has 186 valence electrons. The van der Waals surface area contributed by atoms with Crippen molar-refractivity contribution in [2.75, 3.05) is 16.7 Å². The van der Waals surface area contributed by atoms with Crippen molar-refractivity contribution in [2.45, 2.75) is 35.3 Å². The molecule has 0 spiro atoms. The molecule has 0 aliphatic carbocycles. The maximum Gasteiger partial charge on any atom is 0.322 e. The van der Waals surface area contributed by atoms with Gasteiger partial charge in [0.2, 0.25) is 5.89 Å². The molecule has 1 heterocycles. The molecule has 0 aliphatic rings. The molecule has 36 heavy (non-hydrogen) atoms. The summed E-state index contributed by atoms with van der Waals surface area (Å²) >= 11 is 1.79. The van der Waals surface area contributed by atoms with Crippen LogP contribution in [0.1, 0.15) is 35.7 Å². The molecule has 10 heteroatoms. The van der Waals surface area contributed by atoms with Crippen LogP contribution in [0.3, 0.4) is 0 Å². The summed E-state index contributed by atoms with van der Waals surface area (Å²) < 4.78 is 32.6. The Morgan fingerprint density at radius 3 is 2.28 bits per heavy atom. The van der Waals surface area contributed by atoms with Crippen LogP contribution in [-0.4, -0.2) is 36.8 Å². The quantitative estimate of drug-likeness (QED) is 0.300. The highest BCUT2D eigenvalue weighted by molar-refractivity contribution is 7.99. The van der Waals surface area contributed by atoms with Gasteiger partial charge in [0.15, 0.2) is 0 Å². The highest BCUT2D eigenvalue weighted by Gasteiger charge is 2.22. The van der Waals surface area contributed by atoms with Crippen LogP contribution in [0.25, 0.3) is 0 Å². The Hall–Kier alpha value is -3.63. The van der Waals surface area contributed by atoms with E-state index in [0.29, 0.717) is 23.2 Å². The zero-order valence-corrected chi connectivity index (χ0v) is 21.7. The molecule has 1 N–H and O–H groups in total. The van der Waals surface area contributed by atoms with Crippen LogP contribution in [0, 0.1) is 0 Å². The summed E-state index contributed by atoms with van der Waals surface area (Å²) in [5.41, 5.74) is 1.81. The lowest BCUT2D eigenvalue weighted by molar-refractivity contribution is 0.102. The van der Waals surface area contributed by atoms with Gasteiger partial charge < -0.3 is 4.42 Å². The minimum Gasteiger partial charge on any atom is -0.407 e. The van der Waals surface area contributed by atoms with Crippen molar-refractivity contribution in [2.24, 2.45) is 0 Å². The van der Waals surface area contributed by atoms with Gasteiger partial charge in [0.1, 0.15) is 0 Å². The van der Waals surface area contributed by atoms with Crippen LogP contribution >= 0.6 is 11.8 Å². The number of anilines is 2. The maximum absolute atomic E-state index is 12.9. The normalized spacial score (nSPS) is 11.4. The van der Waals surface area contributed by atoms with Crippen LogP contribution in [0.2, 0.25) is 0 Å². The Morgan fingerprint density at radius 1 is 0.972 bits per heavy atom. The van der Waals surface area contributed by atoms with Crippen molar-refractivity contribution in [1.29, 1.82) is 0 Å². The fraction of sp³-hybridized carbons (Fsp3) is 0.192. The standard InChI is InChI=1S/C26H26N4O4S2/c1-18(2)35-22-13-9-19(10-14-22)17-24-28-29-26(34-24)27-25(31)20-11-15-23(16-12-20)36(32,33)30(3)21-7-5-4-6-8-21/h4-16,18H,17H2,1-3H3,(H,27,29,31). The van der Waals surface area contributed by atoms with E-state index < -0.39 is 15.9 Å². The van der Waals surface area contributed by atoms with Crippen LogP contribution in [0.15, 0.2) is 93.1 Å². The first-order valence-electron chi connectivity index (χ1n) is 11.3. The number of benzene rings is 3. The molecule has 4 aromatic rings. The lowest BCUT2D eigenvalue weighted by atomic mass is 10.1. The maximum atomic E-state index is 12.9. The van der Waals surface area contributed by atoms with Crippen LogP contribution in [-0.2, 0) is 16.4 Å². The second-order valence-electron chi connectivity index (χ2n) is 8.27. The van der Waals surface area contributed by atoms with E-state index in [9.17, 15) is 13.2 Å². The van der Waals surface area contributed by atoms with E-state index in [-0.39, 0.29) is 16.5 Å². The molecule has 0 unspecified atom stereocenters. The highest BCUT2D eigenvalue weighted by atomic mass is 32.2. The monoisotopic (exact) mass is 522 g/mol. The summed E-state index contributed by atoms with van der Waals surface area (Å²) in [4.78, 5) is 13.9. The molecule has 0 atom stereocenters. The Morgan fingerprint density at radius 2 is 1.64 bits per heavy atom. The average molecular weight is 523 g/mol. The van der Waals surface area contributed by atoms with Gasteiger partial charge in [-0.3, -0.25) is 14.4 Å². The molecule has 3 aromatic carbocycles. The number of hydrogen-bond donors (Lipinski definition) is 1. The average Bonchev–Trinajstić information content (AvgIpc) is 3.31. The number of carbonyl (C=O) groups excluding carboxylic acids is 1. The van der Waals surface area contributed by atoms with Crippen LogP contribution < -0.4 is 9.62 Å². The van der Waals surface area contributed by atoms with E-state index in [1.54, 1.807) is 36.0 Å². The smallest absolute Gasteiger partial charge is 0.322 e. The van der Waals surface area contributed by atoms with Gasteiger partial charge in [0.05, 0.1) is 17.0 Å². The van der Waals surface area contributed by atoms with Crippen molar-refractivity contribution >= 4 is 39.4 Å². The number of amides is 1. The lowest BCUT2D eigenvalue weighted by Gasteiger charge is -2.19. The van der Waals surface area contributed by atoms with Crippen LogP contribution in [0.5, 0.6) is 0 Å². The SMILES string of the molecule is CC(C)Sc1ccc(Cc2nnc(NC(=O)c3ccc(S(=O)(=O)N(C)c4ccccc4)cc3)o2)cc1. The third kappa shape index (κ3) is 6.13. The van der Waals surface area contributed by atoms with Crippen molar-refractivity contribution in [3.05, 3.63) is 95.9 Å². The summed E-state index contributed by atoms with van der Waals surface area (Å²) in [5.74, 6) is -0.111. The molecule has 1 aromatic heterocycles. The fourth-order valence-corrected chi connectivity index (χ4v) is 5.42. The number of thioether (sulfide) groups is 1. The summed E-state index contributed by atoms with van der Waals surface area (Å²) in [5, 5.41) is 11.0. The molecule has 0 aliphatic heterocycles. The van der Waals surface area contributed by atoms with E-state index in [1.165, 1.54) is 40.5 Å². The van der Waals surface area contributed by atoms with Gasteiger partial charge in [-0.15, -0.1) is 16.9 Å².